The van der Waals surface area contributed by atoms with Gasteiger partial charge in [-0.2, -0.15) is 0 Å². The van der Waals surface area contributed by atoms with Gasteiger partial charge in [-0.05, 0) is 18.4 Å². The molecule has 0 aliphatic heterocycles. The number of aromatic nitrogens is 2. The van der Waals surface area contributed by atoms with Crippen molar-refractivity contribution in [3.05, 3.63) is 23.8 Å². The van der Waals surface area contributed by atoms with Crippen LogP contribution in [0, 0.1) is 12.3 Å². The number of nitrogens with one attached hydrogen (secondary N) is 2. The number of carboxylic acids is 1. The van der Waals surface area contributed by atoms with Gasteiger partial charge in [0, 0.05) is 6.20 Å². The minimum Gasteiger partial charge on any atom is -0.480 e. The van der Waals surface area contributed by atoms with E-state index in [0.717, 1.165) is 0 Å². The summed E-state index contributed by atoms with van der Waals surface area (Å²) in [5.41, 5.74) is 0.0876. The third kappa shape index (κ3) is 4.83. The summed E-state index contributed by atoms with van der Waals surface area (Å²) >= 11 is 0. The lowest BCUT2D eigenvalue weighted by Crippen LogP contribution is -2.52. The van der Waals surface area contributed by atoms with Crippen molar-refractivity contribution in [2.24, 2.45) is 5.41 Å². The van der Waals surface area contributed by atoms with Crippen LogP contribution in [0.25, 0.3) is 0 Å². The zero-order chi connectivity index (χ0) is 15.3. The Kier molecular flexibility index (Phi) is 5.01. The molecule has 1 heterocycles. The van der Waals surface area contributed by atoms with Crippen molar-refractivity contribution in [3.8, 4) is 0 Å². The summed E-state index contributed by atoms with van der Waals surface area (Å²) in [5.74, 6) is -0.451. The molecule has 0 fully saturated rings. The van der Waals surface area contributed by atoms with Crippen LogP contribution in [-0.2, 0) is 11.3 Å². The fourth-order valence-electron chi connectivity index (χ4n) is 1.61. The Morgan fingerprint density at radius 3 is 2.55 bits per heavy atom. The number of carbonyl (C=O) groups is 2. The summed E-state index contributed by atoms with van der Waals surface area (Å²) < 4.78 is 0. The molecule has 0 aliphatic carbocycles. The molecule has 1 aromatic rings. The molecule has 7 nitrogen and oxygen atoms in total. The second kappa shape index (κ2) is 6.31. The summed E-state index contributed by atoms with van der Waals surface area (Å²) in [6.45, 7) is 7.22. The van der Waals surface area contributed by atoms with E-state index in [0.29, 0.717) is 11.5 Å². The summed E-state index contributed by atoms with van der Waals surface area (Å²) in [6, 6.07) is 0.185. The van der Waals surface area contributed by atoms with Crippen LogP contribution in [0.1, 0.15) is 32.3 Å². The van der Waals surface area contributed by atoms with E-state index in [9.17, 15) is 9.59 Å². The minimum atomic E-state index is -1.06. The molecule has 20 heavy (non-hydrogen) atoms. The van der Waals surface area contributed by atoms with E-state index in [4.69, 9.17) is 5.11 Å². The Morgan fingerprint density at radius 1 is 1.40 bits per heavy atom. The van der Waals surface area contributed by atoms with Gasteiger partial charge in [-0.1, -0.05) is 20.8 Å². The summed E-state index contributed by atoms with van der Waals surface area (Å²) in [4.78, 5) is 31.0. The molecule has 0 bridgehead atoms. The van der Waals surface area contributed by atoms with Gasteiger partial charge in [-0.15, -0.1) is 0 Å². The Balaban J connectivity index is 2.57. The topological polar surface area (TPSA) is 104 Å². The van der Waals surface area contributed by atoms with E-state index in [1.807, 2.05) is 0 Å². The highest BCUT2D eigenvalue weighted by Gasteiger charge is 2.32. The number of aryl methyl sites for hydroxylation is 1. The maximum Gasteiger partial charge on any atom is 0.326 e. The van der Waals surface area contributed by atoms with Crippen LogP contribution < -0.4 is 10.6 Å². The second-order valence-electron chi connectivity index (χ2n) is 5.56. The number of nitrogens with zero attached hydrogens (tertiary/aromatic N) is 2. The summed E-state index contributed by atoms with van der Waals surface area (Å²) in [7, 11) is 0. The Labute approximate surface area is 117 Å². The van der Waals surface area contributed by atoms with Crippen molar-refractivity contribution in [2.75, 3.05) is 0 Å². The van der Waals surface area contributed by atoms with Gasteiger partial charge in [-0.25, -0.2) is 19.6 Å². The Hall–Kier alpha value is -2.18. The monoisotopic (exact) mass is 280 g/mol. The fourth-order valence-corrected chi connectivity index (χ4v) is 1.61. The van der Waals surface area contributed by atoms with E-state index < -0.39 is 23.5 Å². The van der Waals surface area contributed by atoms with Crippen molar-refractivity contribution in [1.29, 1.82) is 0 Å². The van der Waals surface area contributed by atoms with Crippen molar-refractivity contribution in [1.82, 2.24) is 20.6 Å². The van der Waals surface area contributed by atoms with Crippen LogP contribution in [0.3, 0.4) is 0 Å². The molecule has 0 saturated carbocycles. The van der Waals surface area contributed by atoms with Crippen molar-refractivity contribution >= 4 is 12.0 Å². The number of hydrogen-bond donors (Lipinski definition) is 3. The normalized spacial score (nSPS) is 12.6. The van der Waals surface area contributed by atoms with Crippen molar-refractivity contribution < 1.29 is 14.7 Å². The fraction of sp³-hybridized carbons (Fsp3) is 0.538. The maximum absolute atomic E-state index is 11.7. The molecular weight excluding hydrogens is 260 g/mol. The quantitative estimate of drug-likeness (QED) is 0.765. The lowest BCUT2D eigenvalue weighted by molar-refractivity contribution is -0.141. The number of urea groups is 1. The molecule has 2 amide bonds. The molecule has 110 valence electrons. The van der Waals surface area contributed by atoms with Crippen LogP contribution in [-0.4, -0.2) is 33.1 Å². The Morgan fingerprint density at radius 2 is 2.05 bits per heavy atom. The molecule has 0 unspecified atom stereocenters. The second-order valence-corrected chi connectivity index (χ2v) is 5.56. The molecule has 0 radical (unpaired) electrons. The van der Waals surface area contributed by atoms with Gasteiger partial charge in [0.2, 0.25) is 0 Å². The molecule has 0 spiro atoms. The number of rotatable bonds is 4. The lowest BCUT2D eigenvalue weighted by atomic mass is 9.87. The highest BCUT2D eigenvalue weighted by molar-refractivity contribution is 5.83. The molecule has 0 aliphatic rings. The van der Waals surface area contributed by atoms with Crippen LogP contribution in [0.15, 0.2) is 12.3 Å². The molecular formula is C13H20N4O3. The predicted molar refractivity (Wildman–Crippen MR) is 73.0 cm³/mol. The zero-order valence-corrected chi connectivity index (χ0v) is 12.1. The van der Waals surface area contributed by atoms with Gasteiger partial charge in [-0.3, -0.25) is 0 Å². The van der Waals surface area contributed by atoms with E-state index in [1.165, 1.54) is 0 Å². The largest absolute Gasteiger partial charge is 0.480 e. The molecule has 7 heteroatoms. The van der Waals surface area contributed by atoms with E-state index >= 15 is 0 Å². The summed E-state index contributed by atoms with van der Waals surface area (Å²) in [6.07, 6.45) is 1.60. The van der Waals surface area contributed by atoms with Crippen molar-refractivity contribution in [2.45, 2.75) is 40.3 Å². The number of hydrogen-bond acceptors (Lipinski definition) is 4. The predicted octanol–water partition coefficient (Wildman–Crippen LogP) is 1.08. The first kappa shape index (κ1) is 15.9. The van der Waals surface area contributed by atoms with Crippen LogP contribution >= 0.6 is 0 Å². The maximum atomic E-state index is 11.7. The molecule has 0 aromatic carbocycles. The molecule has 1 atom stereocenters. The molecule has 3 N–H and O–H groups in total. The van der Waals surface area contributed by atoms with Crippen LogP contribution in [0.5, 0.6) is 0 Å². The van der Waals surface area contributed by atoms with E-state index in [-0.39, 0.29) is 6.54 Å². The average Bonchev–Trinajstić information content (AvgIpc) is 2.31. The number of amides is 2. The first-order valence-electron chi connectivity index (χ1n) is 6.26. The number of aliphatic carboxylic acids is 1. The third-order valence-corrected chi connectivity index (χ3v) is 2.65. The minimum absolute atomic E-state index is 0.214. The van der Waals surface area contributed by atoms with Gasteiger partial charge < -0.3 is 15.7 Å². The van der Waals surface area contributed by atoms with Crippen LogP contribution in [0.2, 0.25) is 0 Å². The summed E-state index contributed by atoms with van der Waals surface area (Å²) in [5, 5.41) is 14.1. The van der Waals surface area contributed by atoms with Gasteiger partial charge in [0.25, 0.3) is 0 Å². The first-order chi connectivity index (χ1) is 9.20. The number of carbonyl (C=O) groups excluding carboxylic acids is 1. The number of carboxylic acid groups (broad SMARTS) is 1. The highest BCUT2D eigenvalue weighted by atomic mass is 16.4. The molecule has 1 aromatic heterocycles. The van der Waals surface area contributed by atoms with Gasteiger partial charge in [0.15, 0.2) is 0 Å². The Bertz CT molecular complexity index is 497. The lowest BCUT2D eigenvalue weighted by Gasteiger charge is -2.27. The van der Waals surface area contributed by atoms with E-state index in [1.54, 1.807) is 40.0 Å². The van der Waals surface area contributed by atoms with Crippen molar-refractivity contribution in [3.63, 3.8) is 0 Å². The van der Waals surface area contributed by atoms with Crippen LogP contribution in [0.4, 0.5) is 4.79 Å². The first-order valence-corrected chi connectivity index (χ1v) is 6.26. The van der Waals surface area contributed by atoms with Gasteiger partial charge in [0.05, 0.1) is 12.2 Å². The van der Waals surface area contributed by atoms with Gasteiger partial charge in [0.1, 0.15) is 11.9 Å². The molecule has 0 saturated heterocycles. The standard InChI is InChI=1S/C13H20N4O3/c1-8-14-6-5-9(16-8)7-15-12(20)17-10(11(18)19)13(2,3)4/h5-6,10H,7H2,1-4H3,(H,18,19)(H2,15,17,20)/t10-/m1/s1. The average molecular weight is 280 g/mol. The highest BCUT2D eigenvalue weighted by Crippen LogP contribution is 2.19. The third-order valence-electron chi connectivity index (χ3n) is 2.65. The smallest absolute Gasteiger partial charge is 0.326 e. The zero-order valence-electron chi connectivity index (χ0n) is 12.1. The van der Waals surface area contributed by atoms with E-state index in [2.05, 4.69) is 20.6 Å². The molecule has 1 rings (SSSR count). The van der Waals surface area contributed by atoms with Gasteiger partial charge >= 0.3 is 12.0 Å². The SMILES string of the molecule is Cc1nccc(CNC(=O)N[C@H](C(=O)O)C(C)(C)C)n1.